The average Bonchev–Trinajstić information content (AvgIpc) is 2.54. The molecular formula is C16H19ClFN5O2. The Morgan fingerprint density at radius 3 is 2.52 bits per heavy atom. The van der Waals surface area contributed by atoms with Crippen LogP contribution in [0.2, 0.25) is 5.15 Å². The summed E-state index contributed by atoms with van der Waals surface area (Å²) in [6.45, 7) is 7.20. The molecule has 0 saturated carbocycles. The average molecular weight is 368 g/mol. The number of carbonyl (C=O) groups excluding carboxylic acids is 1. The second-order valence-electron chi connectivity index (χ2n) is 6.77. The molecule has 0 aromatic carbocycles. The van der Waals surface area contributed by atoms with E-state index in [4.69, 9.17) is 16.3 Å². The number of aromatic nitrogens is 3. The maximum atomic E-state index is 14.8. The number of amides is 1. The van der Waals surface area contributed by atoms with Crippen molar-refractivity contribution in [2.75, 3.05) is 31.1 Å². The standard InChI is InChI=1S/C16H19ClFN5O2/c1-16(2,3)25-15(24)23-6-4-22(5-7-23)14-12(18)11-10(8-19-14)20-9-21-13(11)17/h8-9H,4-7H2,1-3H3. The molecule has 0 atom stereocenters. The van der Waals surface area contributed by atoms with Gasteiger partial charge in [-0.25, -0.2) is 24.1 Å². The summed E-state index contributed by atoms with van der Waals surface area (Å²) in [5.74, 6) is -0.359. The smallest absolute Gasteiger partial charge is 0.410 e. The third-order valence-corrected chi connectivity index (χ3v) is 4.07. The Kier molecular flexibility index (Phi) is 4.64. The van der Waals surface area contributed by atoms with Gasteiger partial charge in [-0.15, -0.1) is 0 Å². The second kappa shape index (κ2) is 6.59. The monoisotopic (exact) mass is 367 g/mol. The molecule has 0 N–H and O–H groups in total. The Hall–Kier alpha value is -2.22. The maximum absolute atomic E-state index is 14.8. The number of hydrogen-bond donors (Lipinski definition) is 0. The van der Waals surface area contributed by atoms with Gasteiger partial charge in [-0.05, 0) is 20.8 Å². The van der Waals surface area contributed by atoms with Crippen LogP contribution in [0.4, 0.5) is 15.0 Å². The van der Waals surface area contributed by atoms with Crippen LogP contribution in [0.1, 0.15) is 20.8 Å². The first kappa shape index (κ1) is 17.6. The number of carbonyl (C=O) groups is 1. The third kappa shape index (κ3) is 3.73. The predicted molar refractivity (Wildman–Crippen MR) is 92.3 cm³/mol. The summed E-state index contributed by atoms with van der Waals surface area (Å²) in [7, 11) is 0. The first-order chi connectivity index (χ1) is 11.8. The fourth-order valence-corrected chi connectivity index (χ4v) is 2.84. The van der Waals surface area contributed by atoms with Crippen molar-refractivity contribution in [1.82, 2.24) is 19.9 Å². The van der Waals surface area contributed by atoms with E-state index in [1.165, 1.54) is 12.5 Å². The van der Waals surface area contributed by atoms with Crippen molar-refractivity contribution in [2.45, 2.75) is 26.4 Å². The summed E-state index contributed by atoms with van der Waals surface area (Å²) in [6, 6.07) is 0. The van der Waals surface area contributed by atoms with E-state index in [2.05, 4.69) is 15.0 Å². The summed E-state index contributed by atoms with van der Waals surface area (Å²) in [5.41, 5.74) is -0.189. The molecule has 1 saturated heterocycles. The number of nitrogens with zero attached hydrogens (tertiary/aromatic N) is 5. The lowest BCUT2D eigenvalue weighted by atomic mass is 10.2. The van der Waals surface area contributed by atoms with Gasteiger partial charge in [0.1, 0.15) is 17.1 Å². The molecule has 2 aromatic rings. The molecular weight excluding hydrogens is 349 g/mol. The highest BCUT2D eigenvalue weighted by atomic mass is 35.5. The van der Waals surface area contributed by atoms with E-state index < -0.39 is 11.4 Å². The summed E-state index contributed by atoms with van der Waals surface area (Å²) in [4.78, 5) is 27.5. The molecule has 0 radical (unpaired) electrons. The summed E-state index contributed by atoms with van der Waals surface area (Å²) < 4.78 is 20.2. The molecule has 3 rings (SSSR count). The zero-order valence-corrected chi connectivity index (χ0v) is 15.0. The fraction of sp³-hybridized carbons (Fsp3) is 0.500. The Balaban J connectivity index is 1.75. The van der Waals surface area contributed by atoms with Crippen LogP contribution in [0.15, 0.2) is 12.5 Å². The Bertz CT molecular complexity index is 803. The highest BCUT2D eigenvalue weighted by molar-refractivity contribution is 6.34. The van der Waals surface area contributed by atoms with Crippen LogP contribution < -0.4 is 4.90 Å². The van der Waals surface area contributed by atoms with Crippen molar-refractivity contribution in [3.05, 3.63) is 23.5 Å². The number of rotatable bonds is 1. The highest BCUT2D eigenvalue weighted by Gasteiger charge is 2.28. The highest BCUT2D eigenvalue weighted by Crippen LogP contribution is 2.28. The zero-order chi connectivity index (χ0) is 18.2. The van der Waals surface area contributed by atoms with E-state index in [0.717, 1.165) is 0 Å². The van der Waals surface area contributed by atoms with E-state index in [0.29, 0.717) is 31.7 Å². The lowest BCUT2D eigenvalue weighted by Gasteiger charge is -2.36. The molecule has 0 unspecified atom stereocenters. The normalized spacial score (nSPS) is 15.6. The minimum Gasteiger partial charge on any atom is -0.444 e. The van der Waals surface area contributed by atoms with Crippen LogP contribution in [0.3, 0.4) is 0 Å². The van der Waals surface area contributed by atoms with Gasteiger partial charge in [0.05, 0.1) is 17.1 Å². The van der Waals surface area contributed by atoms with Gasteiger partial charge < -0.3 is 14.5 Å². The molecule has 0 spiro atoms. The van der Waals surface area contributed by atoms with Crippen LogP contribution in [0.25, 0.3) is 10.9 Å². The summed E-state index contributed by atoms with van der Waals surface area (Å²) >= 11 is 5.99. The summed E-state index contributed by atoms with van der Waals surface area (Å²) in [5, 5.41) is 0.210. The van der Waals surface area contributed by atoms with Gasteiger partial charge in [-0.2, -0.15) is 0 Å². The maximum Gasteiger partial charge on any atom is 0.410 e. The number of fused-ring (bicyclic) bond motifs is 1. The van der Waals surface area contributed by atoms with Gasteiger partial charge in [-0.1, -0.05) is 11.6 Å². The predicted octanol–water partition coefficient (Wildman–Crippen LogP) is 2.87. The minimum absolute atomic E-state index is 0.0542. The zero-order valence-electron chi connectivity index (χ0n) is 14.3. The van der Waals surface area contributed by atoms with Crippen LogP contribution in [-0.2, 0) is 4.74 Å². The lowest BCUT2D eigenvalue weighted by Crippen LogP contribution is -2.50. The molecule has 25 heavy (non-hydrogen) atoms. The van der Waals surface area contributed by atoms with Crippen molar-refractivity contribution < 1.29 is 13.9 Å². The Morgan fingerprint density at radius 1 is 1.20 bits per heavy atom. The number of piperazine rings is 1. The van der Waals surface area contributed by atoms with Crippen LogP contribution >= 0.6 is 11.6 Å². The van der Waals surface area contributed by atoms with Gasteiger partial charge in [0.2, 0.25) is 0 Å². The SMILES string of the molecule is CC(C)(C)OC(=O)N1CCN(c2ncc3ncnc(Cl)c3c2F)CC1. The van der Waals surface area contributed by atoms with E-state index in [9.17, 15) is 9.18 Å². The number of ether oxygens (including phenoxy) is 1. The van der Waals surface area contributed by atoms with Gasteiger partial charge in [0, 0.05) is 26.2 Å². The molecule has 7 nitrogen and oxygen atoms in total. The molecule has 3 heterocycles. The van der Waals surface area contributed by atoms with Gasteiger partial charge in [0.15, 0.2) is 11.6 Å². The van der Waals surface area contributed by atoms with Gasteiger partial charge in [0.25, 0.3) is 0 Å². The molecule has 1 amide bonds. The Morgan fingerprint density at radius 2 is 1.88 bits per heavy atom. The van der Waals surface area contributed by atoms with E-state index in [1.807, 2.05) is 20.8 Å². The third-order valence-electron chi connectivity index (χ3n) is 3.79. The quantitative estimate of drug-likeness (QED) is 0.722. The molecule has 1 aliphatic rings. The van der Waals surface area contributed by atoms with Crippen molar-refractivity contribution in [2.24, 2.45) is 0 Å². The molecule has 9 heteroatoms. The molecule has 2 aromatic heterocycles. The van der Waals surface area contributed by atoms with Gasteiger partial charge >= 0.3 is 6.09 Å². The van der Waals surface area contributed by atoms with Crippen molar-refractivity contribution in [1.29, 1.82) is 0 Å². The first-order valence-corrected chi connectivity index (χ1v) is 8.31. The molecule has 1 aliphatic heterocycles. The largest absolute Gasteiger partial charge is 0.444 e. The molecule has 0 aliphatic carbocycles. The lowest BCUT2D eigenvalue weighted by molar-refractivity contribution is 0.0240. The van der Waals surface area contributed by atoms with Crippen LogP contribution in [0, 0.1) is 5.82 Å². The minimum atomic E-state index is -0.547. The second-order valence-corrected chi connectivity index (χ2v) is 7.13. The van der Waals surface area contributed by atoms with Crippen LogP contribution in [-0.4, -0.2) is 57.7 Å². The van der Waals surface area contributed by atoms with Crippen molar-refractivity contribution in [3.8, 4) is 0 Å². The molecule has 134 valence electrons. The van der Waals surface area contributed by atoms with Crippen LogP contribution in [0.5, 0.6) is 0 Å². The fourth-order valence-electron chi connectivity index (χ4n) is 2.62. The summed E-state index contributed by atoms with van der Waals surface area (Å²) in [6.07, 6.45) is 2.38. The number of hydrogen-bond acceptors (Lipinski definition) is 6. The van der Waals surface area contributed by atoms with Gasteiger partial charge in [-0.3, -0.25) is 0 Å². The Labute approximate surface area is 149 Å². The number of anilines is 1. The first-order valence-electron chi connectivity index (χ1n) is 7.94. The molecule has 0 bridgehead atoms. The number of halogens is 2. The van der Waals surface area contributed by atoms with Crippen molar-refractivity contribution >= 4 is 34.4 Å². The topological polar surface area (TPSA) is 71.5 Å². The van der Waals surface area contributed by atoms with E-state index >= 15 is 0 Å². The number of pyridine rings is 1. The van der Waals surface area contributed by atoms with E-state index in [-0.39, 0.29) is 22.5 Å². The molecule has 1 fully saturated rings. The van der Waals surface area contributed by atoms with E-state index in [1.54, 1.807) is 9.80 Å². The van der Waals surface area contributed by atoms with Crippen molar-refractivity contribution in [3.63, 3.8) is 0 Å².